The number of benzene rings is 1. The van der Waals surface area contributed by atoms with Gasteiger partial charge in [0.05, 0.1) is 11.8 Å². The Kier molecular flexibility index (Phi) is 6.67. The number of aryl methyl sites for hydroxylation is 1. The third kappa shape index (κ3) is 5.13. The molecule has 0 saturated carbocycles. The van der Waals surface area contributed by atoms with E-state index in [2.05, 4.69) is 32.5 Å². The van der Waals surface area contributed by atoms with Gasteiger partial charge in [0.25, 0.3) is 0 Å². The fourth-order valence-electron chi connectivity index (χ4n) is 3.68. The number of rotatable bonds is 7. The first-order chi connectivity index (χ1) is 15.0. The highest BCUT2D eigenvalue weighted by molar-refractivity contribution is 7.99. The lowest BCUT2D eigenvalue weighted by molar-refractivity contribution is -0.113. The van der Waals surface area contributed by atoms with Crippen LogP contribution < -0.4 is 5.32 Å². The Labute approximate surface area is 184 Å². The van der Waals surface area contributed by atoms with Gasteiger partial charge in [0, 0.05) is 11.8 Å². The number of thioether (sulfide) groups is 1. The van der Waals surface area contributed by atoms with Crippen LogP contribution in [0, 0.1) is 12.7 Å². The minimum Gasteiger partial charge on any atom is -0.360 e. The highest BCUT2D eigenvalue weighted by Gasteiger charge is 2.26. The van der Waals surface area contributed by atoms with E-state index >= 15 is 0 Å². The predicted molar refractivity (Wildman–Crippen MR) is 116 cm³/mol. The van der Waals surface area contributed by atoms with Crippen molar-refractivity contribution >= 4 is 23.5 Å². The van der Waals surface area contributed by atoms with Crippen LogP contribution in [0.2, 0.25) is 0 Å². The van der Waals surface area contributed by atoms with E-state index in [1.165, 1.54) is 43.2 Å². The van der Waals surface area contributed by atoms with E-state index in [1.807, 2.05) is 4.57 Å². The molecule has 1 N–H and O–H groups in total. The monoisotopic (exact) mass is 444 g/mol. The molecule has 3 aromatic rings. The third-order valence-electron chi connectivity index (χ3n) is 5.28. The second-order valence-corrected chi connectivity index (χ2v) is 8.53. The highest BCUT2D eigenvalue weighted by Crippen LogP contribution is 2.29. The van der Waals surface area contributed by atoms with Gasteiger partial charge in [-0.2, -0.15) is 0 Å². The minimum absolute atomic E-state index is 0.0548. The number of carbonyl (C=O) groups is 1. The van der Waals surface area contributed by atoms with Crippen LogP contribution in [0.1, 0.15) is 43.8 Å². The molecule has 1 atom stereocenters. The van der Waals surface area contributed by atoms with Crippen molar-refractivity contribution < 1.29 is 13.7 Å². The summed E-state index contributed by atoms with van der Waals surface area (Å²) in [4.78, 5) is 14.7. The van der Waals surface area contributed by atoms with Gasteiger partial charge in [0.1, 0.15) is 11.6 Å². The highest BCUT2D eigenvalue weighted by atomic mass is 32.2. The normalized spacial score (nSPS) is 15.7. The molecule has 1 aliphatic rings. The molecule has 31 heavy (non-hydrogen) atoms. The van der Waals surface area contributed by atoms with Crippen LogP contribution in [0.5, 0.6) is 0 Å². The number of hydrogen-bond acceptors (Lipinski definition) is 7. The Balaban J connectivity index is 1.55. The maximum Gasteiger partial charge on any atom is 0.236 e. The van der Waals surface area contributed by atoms with Crippen molar-refractivity contribution in [1.29, 1.82) is 0 Å². The summed E-state index contributed by atoms with van der Waals surface area (Å²) in [6, 6.07) is 7.94. The number of anilines is 1. The molecule has 1 aromatic carbocycles. The fraction of sp³-hybridized carbons (Fsp3) is 0.429. The Morgan fingerprint density at radius 1 is 1.23 bits per heavy atom. The first-order valence-electron chi connectivity index (χ1n) is 10.3. The maximum absolute atomic E-state index is 13.5. The van der Waals surface area contributed by atoms with Gasteiger partial charge in [-0.15, -0.1) is 10.2 Å². The van der Waals surface area contributed by atoms with Crippen LogP contribution in [0.25, 0.3) is 5.69 Å². The summed E-state index contributed by atoms with van der Waals surface area (Å²) in [7, 11) is 0. The largest absolute Gasteiger partial charge is 0.360 e. The average Bonchev–Trinajstić information content (AvgIpc) is 3.39. The molecule has 0 aliphatic carbocycles. The van der Waals surface area contributed by atoms with Crippen molar-refractivity contribution in [2.24, 2.45) is 0 Å². The Bertz CT molecular complexity index is 1030. The van der Waals surface area contributed by atoms with Gasteiger partial charge >= 0.3 is 0 Å². The van der Waals surface area contributed by atoms with Crippen molar-refractivity contribution in [2.45, 2.75) is 44.3 Å². The molecule has 4 rings (SSSR count). The summed E-state index contributed by atoms with van der Waals surface area (Å²) in [5.74, 6) is 1.38. The van der Waals surface area contributed by atoms with Crippen molar-refractivity contribution in [3.8, 4) is 5.69 Å². The minimum atomic E-state index is -0.307. The van der Waals surface area contributed by atoms with Crippen LogP contribution in [0.15, 0.2) is 40.0 Å². The smallest absolute Gasteiger partial charge is 0.236 e. The fourth-order valence-corrected chi connectivity index (χ4v) is 4.44. The molecular formula is C21H25FN6O2S. The Morgan fingerprint density at radius 3 is 2.65 bits per heavy atom. The van der Waals surface area contributed by atoms with E-state index in [4.69, 9.17) is 4.52 Å². The predicted octanol–water partition coefficient (Wildman–Crippen LogP) is 3.98. The molecule has 2 aromatic heterocycles. The molecule has 0 radical (unpaired) electrons. The number of aromatic nitrogens is 4. The van der Waals surface area contributed by atoms with Gasteiger partial charge in [-0.1, -0.05) is 23.3 Å². The van der Waals surface area contributed by atoms with Crippen LogP contribution in [0.4, 0.5) is 10.2 Å². The van der Waals surface area contributed by atoms with Gasteiger partial charge in [-0.05, 0) is 64.0 Å². The molecule has 1 amide bonds. The van der Waals surface area contributed by atoms with E-state index in [-0.39, 0.29) is 23.5 Å². The Hall–Kier alpha value is -2.72. The molecule has 164 valence electrons. The summed E-state index contributed by atoms with van der Waals surface area (Å²) in [6.07, 6.45) is 3.58. The zero-order chi connectivity index (χ0) is 21.8. The summed E-state index contributed by atoms with van der Waals surface area (Å²) < 4.78 is 20.4. The van der Waals surface area contributed by atoms with E-state index in [9.17, 15) is 9.18 Å². The first kappa shape index (κ1) is 21.5. The van der Waals surface area contributed by atoms with E-state index in [0.29, 0.717) is 16.7 Å². The molecule has 1 saturated heterocycles. The molecule has 8 nitrogen and oxygen atoms in total. The number of piperidine rings is 1. The van der Waals surface area contributed by atoms with Crippen LogP contribution in [-0.4, -0.2) is 49.6 Å². The molecule has 3 heterocycles. The molecule has 1 aliphatic heterocycles. The summed E-state index contributed by atoms with van der Waals surface area (Å²) in [5.41, 5.74) is 0.764. The number of halogens is 1. The van der Waals surface area contributed by atoms with Crippen molar-refractivity contribution in [2.75, 3.05) is 24.2 Å². The number of amides is 1. The molecular weight excluding hydrogens is 419 g/mol. The number of likely N-dealkylation sites (tertiary alicyclic amines) is 1. The van der Waals surface area contributed by atoms with Crippen LogP contribution in [-0.2, 0) is 4.79 Å². The molecule has 0 spiro atoms. The van der Waals surface area contributed by atoms with E-state index in [1.54, 1.807) is 25.1 Å². The van der Waals surface area contributed by atoms with Gasteiger partial charge in [-0.25, -0.2) is 4.39 Å². The molecule has 10 heteroatoms. The number of carbonyl (C=O) groups excluding carboxylic acids is 1. The van der Waals surface area contributed by atoms with Crippen molar-refractivity contribution in [1.82, 2.24) is 24.8 Å². The topological polar surface area (TPSA) is 89.1 Å². The number of nitrogens with zero attached hydrogens (tertiary/aromatic N) is 5. The first-order valence-corrected chi connectivity index (χ1v) is 11.3. The number of nitrogens with one attached hydrogen (secondary N) is 1. The Morgan fingerprint density at radius 2 is 1.97 bits per heavy atom. The number of hydrogen-bond donors (Lipinski definition) is 1. The maximum atomic E-state index is 13.5. The second-order valence-electron chi connectivity index (χ2n) is 7.58. The van der Waals surface area contributed by atoms with Gasteiger partial charge in [0.2, 0.25) is 5.91 Å². The zero-order valence-electron chi connectivity index (χ0n) is 17.5. The van der Waals surface area contributed by atoms with Gasteiger partial charge < -0.3 is 9.84 Å². The van der Waals surface area contributed by atoms with Crippen molar-refractivity contribution in [3.05, 3.63) is 47.7 Å². The standard InChI is InChI=1S/C21H25FN6O2S/c1-14-12-18(26-30-14)23-19(29)13-31-21-25-24-20(15(2)27-10-4-3-5-11-27)28(21)17-8-6-16(22)7-9-17/h6-9,12,15H,3-5,10-11,13H2,1-2H3,(H,23,26,29)/t15-/m0/s1. The quantitative estimate of drug-likeness (QED) is 0.551. The lowest BCUT2D eigenvalue weighted by atomic mass is 10.1. The lowest BCUT2D eigenvalue weighted by Gasteiger charge is -2.31. The zero-order valence-corrected chi connectivity index (χ0v) is 18.4. The van der Waals surface area contributed by atoms with E-state index < -0.39 is 0 Å². The SMILES string of the molecule is Cc1cc(NC(=O)CSc2nnc([C@H](C)N3CCCCC3)n2-c2ccc(F)cc2)no1. The lowest BCUT2D eigenvalue weighted by Crippen LogP contribution is -2.33. The van der Waals surface area contributed by atoms with Crippen molar-refractivity contribution in [3.63, 3.8) is 0 Å². The van der Waals surface area contributed by atoms with Crippen LogP contribution >= 0.6 is 11.8 Å². The van der Waals surface area contributed by atoms with Gasteiger partial charge in [0.15, 0.2) is 16.8 Å². The van der Waals surface area contributed by atoms with E-state index in [0.717, 1.165) is 24.6 Å². The summed E-state index contributed by atoms with van der Waals surface area (Å²) in [5, 5.41) is 15.9. The molecule has 0 bridgehead atoms. The summed E-state index contributed by atoms with van der Waals surface area (Å²) >= 11 is 1.27. The summed E-state index contributed by atoms with van der Waals surface area (Å²) in [6.45, 7) is 5.90. The van der Waals surface area contributed by atoms with Gasteiger partial charge in [-0.3, -0.25) is 14.3 Å². The second kappa shape index (κ2) is 9.61. The average molecular weight is 445 g/mol. The third-order valence-corrected chi connectivity index (χ3v) is 6.21. The van der Waals surface area contributed by atoms with Crippen LogP contribution in [0.3, 0.4) is 0 Å². The molecule has 1 fully saturated rings. The molecule has 0 unspecified atom stereocenters.